The molecule has 8 nitrogen and oxygen atoms in total. The molecule has 3 amide bonds. The van der Waals surface area contributed by atoms with Crippen LogP contribution in [0, 0.1) is 0 Å². The number of piperazine rings is 1. The van der Waals surface area contributed by atoms with Gasteiger partial charge in [0, 0.05) is 58.7 Å². The quantitative estimate of drug-likeness (QED) is 0.755. The lowest BCUT2D eigenvalue weighted by Crippen LogP contribution is -2.52. The molecule has 0 bridgehead atoms. The number of hydrogen-bond acceptors (Lipinski definition) is 5. The second-order valence-corrected chi connectivity index (χ2v) is 4.73. The molecule has 21 heavy (non-hydrogen) atoms. The number of nitrogens with zero attached hydrogens (tertiary/aromatic N) is 4. The van der Waals surface area contributed by atoms with Gasteiger partial charge in [0.05, 0.1) is 6.20 Å². The summed E-state index contributed by atoms with van der Waals surface area (Å²) >= 11 is 0. The van der Waals surface area contributed by atoms with Crippen LogP contribution in [0.5, 0.6) is 0 Å². The van der Waals surface area contributed by atoms with Crippen molar-refractivity contribution in [1.29, 1.82) is 0 Å². The Labute approximate surface area is 123 Å². The summed E-state index contributed by atoms with van der Waals surface area (Å²) in [5.41, 5.74) is 0.321. The summed E-state index contributed by atoms with van der Waals surface area (Å²) in [6.45, 7) is 4.35. The van der Waals surface area contributed by atoms with E-state index in [2.05, 4.69) is 25.5 Å². The van der Waals surface area contributed by atoms with Crippen molar-refractivity contribution in [1.82, 2.24) is 30.4 Å². The van der Waals surface area contributed by atoms with Crippen LogP contribution in [0.4, 0.5) is 4.79 Å². The summed E-state index contributed by atoms with van der Waals surface area (Å²) in [6.07, 6.45) is 4.47. The number of carbonyl (C=O) groups is 2. The summed E-state index contributed by atoms with van der Waals surface area (Å²) in [7, 11) is 1.64. The fourth-order valence-electron chi connectivity index (χ4n) is 2.17. The van der Waals surface area contributed by atoms with Crippen molar-refractivity contribution in [3.05, 3.63) is 24.3 Å². The predicted octanol–water partition coefficient (Wildman–Crippen LogP) is -0.837. The van der Waals surface area contributed by atoms with Crippen LogP contribution in [0.15, 0.2) is 18.6 Å². The first-order valence-corrected chi connectivity index (χ1v) is 6.94. The summed E-state index contributed by atoms with van der Waals surface area (Å²) < 4.78 is 0. The molecule has 1 aliphatic rings. The Morgan fingerprint density at radius 1 is 1.24 bits per heavy atom. The van der Waals surface area contributed by atoms with Crippen LogP contribution in [0.3, 0.4) is 0 Å². The molecule has 0 aliphatic carbocycles. The molecule has 114 valence electrons. The van der Waals surface area contributed by atoms with Gasteiger partial charge in [-0.15, -0.1) is 0 Å². The summed E-state index contributed by atoms with van der Waals surface area (Å²) in [5.74, 6) is -0.216. The van der Waals surface area contributed by atoms with Crippen LogP contribution in [-0.2, 0) is 0 Å². The molecule has 1 aliphatic heterocycles. The lowest BCUT2D eigenvalue weighted by atomic mass is 10.3. The first-order valence-electron chi connectivity index (χ1n) is 6.94. The molecule has 2 N–H and O–H groups in total. The Kier molecular flexibility index (Phi) is 5.44. The van der Waals surface area contributed by atoms with Crippen molar-refractivity contribution in [2.75, 3.05) is 46.3 Å². The smallest absolute Gasteiger partial charge is 0.317 e. The minimum absolute atomic E-state index is 0.0365. The highest BCUT2D eigenvalue weighted by Crippen LogP contribution is 2.01. The van der Waals surface area contributed by atoms with E-state index in [9.17, 15) is 9.59 Å². The van der Waals surface area contributed by atoms with E-state index >= 15 is 0 Å². The fourth-order valence-corrected chi connectivity index (χ4v) is 2.17. The minimum Gasteiger partial charge on any atom is -0.349 e. The Morgan fingerprint density at radius 2 is 2.00 bits per heavy atom. The molecule has 0 aromatic carbocycles. The molecule has 2 heterocycles. The van der Waals surface area contributed by atoms with E-state index in [1.54, 1.807) is 11.9 Å². The molecule has 0 unspecified atom stereocenters. The third kappa shape index (κ3) is 4.38. The van der Waals surface area contributed by atoms with E-state index < -0.39 is 0 Å². The zero-order chi connectivity index (χ0) is 15.1. The van der Waals surface area contributed by atoms with Crippen molar-refractivity contribution in [2.45, 2.75) is 0 Å². The SMILES string of the molecule is CNC(=O)N1CCN(CCNC(=O)c2cnccn2)CC1. The normalized spacial score (nSPS) is 15.6. The molecular formula is C13H20N6O2. The fraction of sp³-hybridized carbons (Fsp3) is 0.538. The third-order valence-electron chi connectivity index (χ3n) is 3.38. The van der Waals surface area contributed by atoms with Gasteiger partial charge < -0.3 is 15.5 Å². The Bertz CT molecular complexity index is 473. The van der Waals surface area contributed by atoms with E-state index in [1.807, 2.05) is 0 Å². The van der Waals surface area contributed by atoms with Gasteiger partial charge in [-0.05, 0) is 0 Å². The molecule has 0 atom stereocenters. The topological polar surface area (TPSA) is 90.5 Å². The number of hydrogen-bond donors (Lipinski definition) is 2. The standard InChI is InChI=1S/C13H20N6O2/c1-14-13(21)19-8-6-18(7-9-19)5-4-17-12(20)11-10-15-2-3-16-11/h2-3,10H,4-9H2,1H3,(H,14,21)(H,17,20). The average Bonchev–Trinajstić information content (AvgIpc) is 2.55. The lowest BCUT2D eigenvalue weighted by Gasteiger charge is -2.34. The lowest BCUT2D eigenvalue weighted by molar-refractivity contribution is 0.0936. The van der Waals surface area contributed by atoms with Crippen molar-refractivity contribution in [3.8, 4) is 0 Å². The zero-order valence-electron chi connectivity index (χ0n) is 12.1. The maximum absolute atomic E-state index is 11.8. The van der Waals surface area contributed by atoms with Gasteiger partial charge in [0.1, 0.15) is 5.69 Å². The van der Waals surface area contributed by atoms with Crippen molar-refractivity contribution in [2.24, 2.45) is 0 Å². The Morgan fingerprint density at radius 3 is 2.62 bits per heavy atom. The number of aromatic nitrogens is 2. The van der Waals surface area contributed by atoms with E-state index in [1.165, 1.54) is 18.6 Å². The molecule has 0 spiro atoms. The molecule has 1 aromatic heterocycles. The van der Waals surface area contributed by atoms with E-state index in [0.29, 0.717) is 25.3 Å². The molecule has 1 fully saturated rings. The van der Waals surface area contributed by atoms with Gasteiger partial charge in [-0.2, -0.15) is 0 Å². The summed E-state index contributed by atoms with van der Waals surface area (Å²) in [5, 5.41) is 5.44. The molecule has 0 radical (unpaired) electrons. The molecule has 1 aromatic rings. The Hall–Kier alpha value is -2.22. The first kappa shape index (κ1) is 15.2. The molecular weight excluding hydrogens is 272 g/mol. The monoisotopic (exact) mass is 292 g/mol. The number of urea groups is 1. The van der Waals surface area contributed by atoms with Gasteiger partial charge in [0.25, 0.3) is 5.91 Å². The molecule has 2 rings (SSSR count). The van der Waals surface area contributed by atoms with E-state index in [-0.39, 0.29) is 11.9 Å². The average molecular weight is 292 g/mol. The largest absolute Gasteiger partial charge is 0.349 e. The maximum atomic E-state index is 11.8. The highest BCUT2D eigenvalue weighted by atomic mass is 16.2. The predicted molar refractivity (Wildman–Crippen MR) is 76.8 cm³/mol. The Balaban J connectivity index is 1.66. The van der Waals surface area contributed by atoms with Crippen molar-refractivity contribution >= 4 is 11.9 Å². The van der Waals surface area contributed by atoms with Crippen LogP contribution in [-0.4, -0.2) is 78.0 Å². The molecule has 0 saturated carbocycles. The highest BCUT2D eigenvalue weighted by molar-refractivity contribution is 5.91. The third-order valence-corrected chi connectivity index (χ3v) is 3.38. The van der Waals surface area contributed by atoms with Crippen LogP contribution < -0.4 is 10.6 Å². The molecule has 1 saturated heterocycles. The minimum atomic E-state index is -0.216. The van der Waals surface area contributed by atoms with Crippen molar-refractivity contribution < 1.29 is 9.59 Å². The van der Waals surface area contributed by atoms with Crippen LogP contribution in [0.2, 0.25) is 0 Å². The van der Waals surface area contributed by atoms with Gasteiger partial charge in [0.15, 0.2) is 0 Å². The van der Waals surface area contributed by atoms with Gasteiger partial charge in [0.2, 0.25) is 0 Å². The summed E-state index contributed by atoms with van der Waals surface area (Å²) in [6, 6.07) is -0.0365. The van der Waals surface area contributed by atoms with Crippen LogP contribution >= 0.6 is 0 Å². The summed E-state index contributed by atoms with van der Waals surface area (Å²) in [4.78, 5) is 35.0. The van der Waals surface area contributed by atoms with E-state index in [0.717, 1.165) is 19.6 Å². The molecule has 8 heteroatoms. The number of amides is 3. The zero-order valence-corrected chi connectivity index (χ0v) is 12.1. The van der Waals surface area contributed by atoms with Gasteiger partial charge in [-0.3, -0.25) is 14.7 Å². The second-order valence-electron chi connectivity index (χ2n) is 4.73. The van der Waals surface area contributed by atoms with Gasteiger partial charge >= 0.3 is 6.03 Å². The number of carbonyl (C=O) groups excluding carboxylic acids is 2. The van der Waals surface area contributed by atoms with Crippen LogP contribution in [0.25, 0.3) is 0 Å². The van der Waals surface area contributed by atoms with Gasteiger partial charge in [-0.1, -0.05) is 0 Å². The second kappa shape index (κ2) is 7.53. The number of nitrogens with one attached hydrogen (secondary N) is 2. The first-order chi connectivity index (χ1) is 10.2. The van der Waals surface area contributed by atoms with Crippen LogP contribution in [0.1, 0.15) is 10.5 Å². The van der Waals surface area contributed by atoms with E-state index in [4.69, 9.17) is 0 Å². The number of rotatable bonds is 4. The van der Waals surface area contributed by atoms with Crippen molar-refractivity contribution in [3.63, 3.8) is 0 Å². The highest BCUT2D eigenvalue weighted by Gasteiger charge is 2.19. The van der Waals surface area contributed by atoms with Gasteiger partial charge in [-0.25, -0.2) is 9.78 Å². The maximum Gasteiger partial charge on any atom is 0.317 e.